The van der Waals surface area contributed by atoms with Crippen molar-refractivity contribution in [2.45, 2.75) is 284 Å². The predicted molar refractivity (Wildman–Crippen MR) is 307 cm³/mol. The van der Waals surface area contributed by atoms with Crippen molar-refractivity contribution in [2.24, 2.45) is 0 Å². The van der Waals surface area contributed by atoms with Gasteiger partial charge in [0.1, 0.15) is 13.2 Å². The van der Waals surface area contributed by atoms with Gasteiger partial charge >= 0.3 is 17.9 Å². The minimum atomic E-state index is -0.791. The Morgan fingerprint density at radius 2 is 0.549 bits per heavy atom. The number of hydrogen-bond donors (Lipinski definition) is 0. The standard InChI is InChI=1S/C65H110O6/c1-4-7-10-13-16-19-22-25-27-29-30-31-32-33-34-35-36-37-39-40-43-46-49-52-55-58-64(67)70-61-62(60-69-63(66)57-54-51-48-45-42-24-21-18-15-12-9-6-3)71-65(68)59-56-53-50-47-44-41-38-28-26-23-20-17-14-11-8-5-2/h7,10,16,19-20,23,25,27-28,30-31,33-34,36-38,62H,4-6,8-9,11-15,17-18,21-22,24,26,29,32,35,39-61H2,1-3H3/b10-7-,19-16-,23-20-,27-25-,31-30-,34-33-,37-36-,38-28-. The molecule has 0 fully saturated rings. The fourth-order valence-corrected chi connectivity index (χ4v) is 8.12. The van der Waals surface area contributed by atoms with E-state index in [1.165, 1.54) is 103 Å². The lowest BCUT2D eigenvalue weighted by Gasteiger charge is -2.18. The van der Waals surface area contributed by atoms with Gasteiger partial charge in [-0.15, -0.1) is 0 Å². The highest BCUT2D eigenvalue weighted by molar-refractivity contribution is 5.71. The van der Waals surface area contributed by atoms with Crippen LogP contribution in [0.1, 0.15) is 278 Å². The molecule has 0 aliphatic rings. The minimum absolute atomic E-state index is 0.0864. The Bertz CT molecular complexity index is 1410. The van der Waals surface area contributed by atoms with Gasteiger partial charge in [0.15, 0.2) is 6.10 Å². The van der Waals surface area contributed by atoms with Crippen molar-refractivity contribution in [1.82, 2.24) is 0 Å². The van der Waals surface area contributed by atoms with Crippen molar-refractivity contribution in [3.8, 4) is 0 Å². The maximum absolute atomic E-state index is 12.9. The van der Waals surface area contributed by atoms with Crippen LogP contribution < -0.4 is 0 Å². The Hall–Kier alpha value is -3.67. The number of hydrogen-bond acceptors (Lipinski definition) is 6. The van der Waals surface area contributed by atoms with Crippen LogP contribution in [0.3, 0.4) is 0 Å². The Morgan fingerprint density at radius 3 is 0.873 bits per heavy atom. The fourth-order valence-electron chi connectivity index (χ4n) is 8.12. The van der Waals surface area contributed by atoms with Gasteiger partial charge in [-0.25, -0.2) is 0 Å². The summed E-state index contributed by atoms with van der Waals surface area (Å²) in [6, 6.07) is 0. The smallest absolute Gasteiger partial charge is 0.306 e. The Morgan fingerprint density at radius 1 is 0.296 bits per heavy atom. The van der Waals surface area contributed by atoms with Crippen molar-refractivity contribution >= 4 is 17.9 Å². The molecular formula is C65H110O6. The van der Waals surface area contributed by atoms with Crippen LogP contribution in [0.4, 0.5) is 0 Å². The van der Waals surface area contributed by atoms with Gasteiger partial charge in [0.25, 0.3) is 0 Å². The molecule has 0 aliphatic carbocycles. The zero-order chi connectivity index (χ0) is 51.4. The van der Waals surface area contributed by atoms with Crippen LogP contribution in [0, 0.1) is 0 Å². The van der Waals surface area contributed by atoms with Crippen LogP contribution in [-0.4, -0.2) is 37.2 Å². The van der Waals surface area contributed by atoms with Crippen LogP contribution in [-0.2, 0) is 28.6 Å². The third kappa shape index (κ3) is 57.1. The predicted octanol–water partition coefficient (Wildman–Crippen LogP) is 20.1. The van der Waals surface area contributed by atoms with Crippen LogP contribution in [0.25, 0.3) is 0 Å². The molecule has 0 radical (unpaired) electrons. The molecule has 0 aromatic carbocycles. The van der Waals surface area contributed by atoms with Crippen LogP contribution in [0.5, 0.6) is 0 Å². The molecule has 6 nitrogen and oxygen atoms in total. The van der Waals surface area contributed by atoms with Gasteiger partial charge in [-0.05, 0) is 103 Å². The third-order valence-corrected chi connectivity index (χ3v) is 12.6. The Balaban J connectivity index is 4.37. The molecule has 0 rings (SSSR count). The quantitative estimate of drug-likeness (QED) is 0.0261. The normalized spacial score (nSPS) is 12.8. The lowest BCUT2D eigenvalue weighted by molar-refractivity contribution is -0.167. The van der Waals surface area contributed by atoms with Gasteiger partial charge in [0.05, 0.1) is 0 Å². The van der Waals surface area contributed by atoms with Crippen LogP contribution >= 0.6 is 0 Å². The van der Waals surface area contributed by atoms with E-state index in [1.54, 1.807) is 0 Å². The third-order valence-electron chi connectivity index (χ3n) is 12.6. The summed E-state index contributed by atoms with van der Waals surface area (Å²) in [7, 11) is 0. The van der Waals surface area contributed by atoms with Crippen molar-refractivity contribution < 1.29 is 28.6 Å². The first-order chi connectivity index (χ1) is 35.0. The van der Waals surface area contributed by atoms with E-state index in [2.05, 4.69) is 118 Å². The van der Waals surface area contributed by atoms with E-state index in [-0.39, 0.29) is 31.1 Å². The average Bonchev–Trinajstić information content (AvgIpc) is 3.37. The van der Waals surface area contributed by atoms with Crippen molar-refractivity contribution in [3.63, 3.8) is 0 Å². The molecule has 0 aromatic rings. The first-order valence-corrected chi connectivity index (χ1v) is 29.7. The number of carbonyl (C=O) groups is 3. The van der Waals surface area contributed by atoms with Crippen molar-refractivity contribution in [1.29, 1.82) is 0 Å². The van der Waals surface area contributed by atoms with Gasteiger partial charge in [0.2, 0.25) is 0 Å². The second kappa shape index (κ2) is 58.9. The maximum Gasteiger partial charge on any atom is 0.306 e. The second-order valence-electron chi connectivity index (χ2n) is 19.5. The van der Waals surface area contributed by atoms with E-state index in [4.69, 9.17) is 14.2 Å². The Labute approximate surface area is 438 Å². The maximum atomic E-state index is 12.9. The van der Waals surface area contributed by atoms with Gasteiger partial charge in [0, 0.05) is 19.3 Å². The van der Waals surface area contributed by atoms with Gasteiger partial charge in [-0.2, -0.15) is 0 Å². The summed E-state index contributed by atoms with van der Waals surface area (Å²) in [6.45, 7) is 6.49. The number of allylic oxidation sites excluding steroid dienone is 16. The first-order valence-electron chi connectivity index (χ1n) is 29.7. The van der Waals surface area contributed by atoms with E-state index in [0.717, 1.165) is 135 Å². The molecule has 0 bridgehead atoms. The summed E-state index contributed by atoms with van der Waals surface area (Å²) >= 11 is 0. The molecule has 0 saturated carbocycles. The van der Waals surface area contributed by atoms with E-state index >= 15 is 0 Å². The summed E-state index contributed by atoms with van der Waals surface area (Å²) < 4.78 is 16.9. The molecule has 406 valence electrons. The monoisotopic (exact) mass is 987 g/mol. The van der Waals surface area contributed by atoms with Crippen molar-refractivity contribution in [3.05, 3.63) is 97.2 Å². The van der Waals surface area contributed by atoms with E-state index in [9.17, 15) is 14.4 Å². The first kappa shape index (κ1) is 67.3. The summed E-state index contributed by atoms with van der Waals surface area (Å²) in [5.41, 5.74) is 0. The summed E-state index contributed by atoms with van der Waals surface area (Å²) in [5.74, 6) is -0.910. The average molecular weight is 988 g/mol. The molecule has 1 atom stereocenters. The SMILES string of the molecule is CC/C=C\C/C=C\C/C=C\C/C=C\C/C=C\C/C=C\CCCCCCCCC(=O)OCC(COC(=O)CCCCCCCCCCCCCC)OC(=O)CCCCCCC/C=C\C/C=C\CCCCCC. The molecule has 0 saturated heterocycles. The molecule has 0 aromatic heterocycles. The van der Waals surface area contributed by atoms with Crippen molar-refractivity contribution in [2.75, 3.05) is 13.2 Å². The topological polar surface area (TPSA) is 78.9 Å². The fraction of sp³-hybridized carbons (Fsp3) is 0.708. The summed E-state index contributed by atoms with van der Waals surface area (Å²) in [6.07, 6.45) is 78.2. The van der Waals surface area contributed by atoms with Gasteiger partial charge in [-0.3, -0.25) is 14.4 Å². The molecule has 0 amide bonds. The van der Waals surface area contributed by atoms with E-state index in [1.807, 2.05) is 0 Å². The zero-order valence-electron chi connectivity index (χ0n) is 46.5. The molecular weight excluding hydrogens is 877 g/mol. The number of carbonyl (C=O) groups excluding carboxylic acids is 3. The molecule has 0 heterocycles. The second-order valence-corrected chi connectivity index (χ2v) is 19.5. The number of esters is 3. The highest BCUT2D eigenvalue weighted by Crippen LogP contribution is 2.15. The number of rotatable bonds is 53. The highest BCUT2D eigenvalue weighted by atomic mass is 16.6. The minimum Gasteiger partial charge on any atom is -0.462 e. The zero-order valence-corrected chi connectivity index (χ0v) is 46.5. The Kier molecular flexibility index (Phi) is 55.9. The summed E-state index contributed by atoms with van der Waals surface area (Å²) in [5, 5.41) is 0. The summed E-state index contributed by atoms with van der Waals surface area (Å²) in [4.78, 5) is 38.2. The lowest BCUT2D eigenvalue weighted by Crippen LogP contribution is -2.30. The molecule has 1 unspecified atom stereocenters. The molecule has 0 spiro atoms. The van der Waals surface area contributed by atoms with Gasteiger partial charge in [-0.1, -0.05) is 253 Å². The van der Waals surface area contributed by atoms with E-state index < -0.39 is 6.10 Å². The molecule has 0 N–H and O–H groups in total. The van der Waals surface area contributed by atoms with Crippen LogP contribution in [0.2, 0.25) is 0 Å². The largest absolute Gasteiger partial charge is 0.462 e. The van der Waals surface area contributed by atoms with E-state index in [0.29, 0.717) is 19.3 Å². The number of ether oxygens (including phenoxy) is 3. The lowest BCUT2D eigenvalue weighted by atomic mass is 10.0. The molecule has 0 aliphatic heterocycles. The van der Waals surface area contributed by atoms with Gasteiger partial charge < -0.3 is 14.2 Å². The number of unbranched alkanes of at least 4 members (excludes halogenated alkanes) is 26. The van der Waals surface area contributed by atoms with Crippen LogP contribution in [0.15, 0.2) is 97.2 Å². The molecule has 71 heavy (non-hydrogen) atoms. The molecule has 6 heteroatoms. The highest BCUT2D eigenvalue weighted by Gasteiger charge is 2.19.